The van der Waals surface area contributed by atoms with E-state index in [0.29, 0.717) is 5.92 Å². The van der Waals surface area contributed by atoms with Crippen LogP contribution in [-0.4, -0.2) is 37.8 Å². The van der Waals surface area contributed by atoms with Crippen LogP contribution in [0.5, 0.6) is 0 Å². The molecule has 9 aromatic rings. The van der Waals surface area contributed by atoms with Gasteiger partial charge < -0.3 is 8.98 Å². The van der Waals surface area contributed by atoms with Crippen LogP contribution in [0.4, 0.5) is 0 Å². The molecule has 0 saturated carbocycles. The Bertz CT molecular complexity index is 2940. The van der Waals surface area contributed by atoms with Crippen molar-refractivity contribution in [2.45, 2.75) is 77.6 Å². The first-order valence-electron chi connectivity index (χ1n) is 20.2. The van der Waals surface area contributed by atoms with Gasteiger partial charge in [-0.05, 0) is 49.1 Å². The molecule has 0 bridgehead atoms. The quantitative estimate of drug-likeness (QED) is 0.123. The predicted octanol–water partition coefficient (Wildman–Crippen LogP) is 12.5. The Morgan fingerprint density at radius 1 is 0.746 bits per heavy atom. The van der Waals surface area contributed by atoms with Crippen molar-refractivity contribution < 1.29 is 24.5 Å². The normalized spacial score (nSPS) is 12.0. The van der Waals surface area contributed by atoms with E-state index < -0.39 is 13.3 Å². The summed E-state index contributed by atoms with van der Waals surface area (Å²) in [5.41, 5.74) is 12.1. The Labute approximate surface area is 364 Å². The molecule has 5 aromatic heterocycles. The summed E-state index contributed by atoms with van der Waals surface area (Å²) in [4.78, 5) is 18.9. The molecule has 1 radical (unpaired) electrons. The van der Waals surface area contributed by atoms with Crippen molar-refractivity contribution in [3.63, 3.8) is 0 Å². The summed E-state index contributed by atoms with van der Waals surface area (Å²) in [6.07, 6.45) is 6.96. The van der Waals surface area contributed by atoms with Gasteiger partial charge in [0.15, 0.2) is 0 Å². The third-order valence-electron chi connectivity index (χ3n) is 10.8. The third-order valence-corrected chi connectivity index (χ3v) is 15.1. The first-order chi connectivity index (χ1) is 27.7. The first-order valence-corrected chi connectivity index (χ1v) is 27.5. The third kappa shape index (κ3) is 8.57. The van der Waals surface area contributed by atoms with Crippen LogP contribution >= 0.6 is 0 Å². The number of imidazole rings is 1. The summed E-state index contributed by atoms with van der Waals surface area (Å²) in [6.45, 7) is 15.2. The molecule has 0 amide bonds. The van der Waals surface area contributed by atoms with Crippen LogP contribution in [-0.2, 0) is 31.9 Å². The number of aryl methyl sites for hydroxylation is 2. The number of rotatable bonds is 6. The van der Waals surface area contributed by atoms with E-state index in [1.54, 1.807) is 6.20 Å². The maximum atomic E-state index is 6.30. The standard InChI is InChI=1S/C29H25N4O.C22H26GeN.Ir/c1-17-13-23-21-7-6-8-22(27(21)34-26(23)16-31-17)28-32-24-14-18(2)30-15-25(24)33(28)20-11-9-19(10-12-20)29(3,4)5;1-16(2)13-18-14-22(24-15-21(18)23(3,4)5)20-12-8-10-17-9-6-7-11-19(17)20;/h6-7,9-16H,1-5H3;6-11,14-16H,13H2,1-5H3;/q2*-1;. The van der Waals surface area contributed by atoms with Crippen molar-refractivity contribution in [3.05, 3.63) is 144 Å². The molecular formula is C51H51GeIrN5O-2. The molecule has 0 aliphatic heterocycles. The average Bonchev–Trinajstić information content (AvgIpc) is 3.75. The molecule has 0 unspecified atom stereocenters. The molecule has 0 aliphatic carbocycles. The zero-order chi connectivity index (χ0) is 40.9. The molecule has 6 nitrogen and oxygen atoms in total. The summed E-state index contributed by atoms with van der Waals surface area (Å²) in [6, 6.07) is 38.5. The Morgan fingerprint density at radius 2 is 1.44 bits per heavy atom. The number of hydrogen-bond donors (Lipinski definition) is 0. The molecule has 301 valence electrons. The van der Waals surface area contributed by atoms with Gasteiger partial charge in [-0.15, -0.1) is 18.2 Å². The fourth-order valence-electron chi connectivity index (χ4n) is 7.83. The summed E-state index contributed by atoms with van der Waals surface area (Å²) in [5, 5.41) is 4.56. The van der Waals surface area contributed by atoms with Crippen LogP contribution in [0.1, 0.15) is 57.1 Å². The summed E-state index contributed by atoms with van der Waals surface area (Å²) >= 11 is -1.92. The van der Waals surface area contributed by atoms with Crippen molar-refractivity contribution in [1.29, 1.82) is 0 Å². The number of pyridine rings is 3. The van der Waals surface area contributed by atoms with E-state index in [4.69, 9.17) is 14.4 Å². The molecule has 59 heavy (non-hydrogen) atoms. The van der Waals surface area contributed by atoms with Gasteiger partial charge in [-0.2, -0.15) is 0 Å². The van der Waals surface area contributed by atoms with Crippen molar-refractivity contribution >= 4 is 61.4 Å². The van der Waals surface area contributed by atoms with Gasteiger partial charge in [-0.1, -0.05) is 43.9 Å². The van der Waals surface area contributed by atoms with Crippen molar-refractivity contribution in [1.82, 2.24) is 24.5 Å². The molecule has 5 heterocycles. The minimum atomic E-state index is -1.92. The fourth-order valence-corrected chi connectivity index (χ4v) is 11.2. The zero-order valence-corrected chi connectivity index (χ0v) is 40.1. The van der Waals surface area contributed by atoms with Gasteiger partial charge in [0, 0.05) is 42.6 Å². The number of benzene rings is 4. The minimum Gasteiger partial charge on any atom is -0.499 e. The van der Waals surface area contributed by atoms with Crippen LogP contribution in [0.15, 0.2) is 114 Å². The number of fused-ring (bicyclic) bond motifs is 5. The largest absolute Gasteiger partial charge is 0.499 e. The van der Waals surface area contributed by atoms with Crippen LogP contribution in [0.25, 0.3) is 72.1 Å². The maximum absolute atomic E-state index is 6.30. The molecule has 0 atom stereocenters. The van der Waals surface area contributed by atoms with Crippen molar-refractivity contribution in [2.24, 2.45) is 5.92 Å². The second-order valence-corrected chi connectivity index (χ2v) is 28.5. The SMILES string of the molecule is CC(C)Cc1cc(-c2[c-]ccc3ccccc23)nc[c]1[Ge]([CH3])([CH3])[CH3].Cc1cc2nc(-c3[c-]ccc4c3oc3cnc(C)cc34)n(-c3ccc(C(C)(C)C)cc3)c2cn1.[Ir]. The molecule has 0 N–H and O–H groups in total. The average molecular weight is 1010 g/mol. The molecule has 0 spiro atoms. The van der Waals surface area contributed by atoms with Crippen LogP contribution in [0, 0.1) is 31.9 Å². The molecule has 4 aromatic carbocycles. The smallest absolute Gasteiger partial charge is 0.139 e. The second-order valence-electron chi connectivity index (χ2n) is 17.9. The fraction of sp³-hybridized carbons (Fsp3) is 0.255. The molecule has 0 fully saturated rings. The van der Waals surface area contributed by atoms with E-state index in [9.17, 15) is 0 Å². The van der Waals surface area contributed by atoms with Crippen LogP contribution in [0.3, 0.4) is 0 Å². The van der Waals surface area contributed by atoms with Gasteiger partial charge in [0.25, 0.3) is 0 Å². The van der Waals surface area contributed by atoms with Gasteiger partial charge in [0.05, 0.1) is 34.8 Å². The van der Waals surface area contributed by atoms with E-state index in [2.05, 4.69) is 151 Å². The molecular weight excluding hydrogens is 963 g/mol. The monoisotopic (exact) mass is 1020 g/mol. The van der Waals surface area contributed by atoms with Crippen molar-refractivity contribution in [2.75, 3.05) is 0 Å². The van der Waals surface area contributed by atoms with Crippen LogP contribution < -0.4 is 4.40 Å². The maximum Gasteiger partial charge on any atom is 0.139 e. The van der Waals surface area contributed by atoms with E-state index >= 15 is 0 Å². The Balaban J connectivity index is 0.000000187. The number of furan rings is 1. The predicted molar refractivity (Wildman–Crippen MR) is 244 cm³/mol. The molecule has 8 heteroatoms. The van der Waals surface area contributed by atoms with Gasteiger partial charge >= 0.3 is 148 Å². The Kier molecular flexibility index (Phi) is 11.9. The minimum absolute atomic E-state index is 0. The van der Waals surface area contributed by atoms with Crippen LogP contribution in [0.2, 0.25) is 17.3 Å². The van der Waals surface area contributed by atoms with E-state index in [0.717, 1.165) is 79.1 Å². The second kappa shape index (κ2) is 16.6. The van der Waals surface area contributed by atoms with Gasteiger partial charge in [-0.25, -0.2) is 0 Å². The van der Waals surface area contributed by atoms with E-state index in [1.165, 1.54) is 26.3 Å². The van der Waals surface area contributed by atoms with Gasteiger partial charge in [-0.3, -0.25) is 15.0 Å². The number of hydrogen-bond acceptors (Lipinski definition) is 5. The molecule has 0 aliphatic rings. The summed E-state index contributed by atoms with van der Waals surface area (Å²) < 4.78 is 9.99. The van der Waals surface area contributed by atoms with Gasteiger partial charge in [0.1, 0.15) is 5.58 Å². The van der Waals surface area contributed by atoms with E-state index in [-0.39, 0.29) is 25.5 Å². The van der Waals surface area contributed by atoms with E-state index in [1.807, 2.05) is 44.3 Å². The molecule has 9 rings (SSSR count). The Morgan fingerprint density at radius 3 is 2.17 bits per heavy atom. The topological polar surface area (TPSA) is 69.6 Å². The Hall–Kier alpha value is -4.95. The number of nitrogens with zero attached hydrogens (tertiary/aromatic N) is 5. The first kappa shape index (κ1) is 42.2. The molecule has 0 saturated heterocycles. The zero-order valence-electron chi connectivity index (χ0n) is 35.7. The summed E-state index contributed by atoms with van der Waals surface area (Å²) in [5.74, 6) is 8.78. The summed E-state index contributed by atoms with van der Waals surface area (Å²) in [7, 11) is 0. The van der Waals surface area contributed by atoms with Crippen molar-refractivity contribution in [3.8, 4) is 28.3 Å². The van der Waals surface area contributed by atoms with Gasteiger partial charge in [0.2, 0.25) is 0 Å². The number of aromatic nitrogens is 5.